The second-order valence-electron chi connectivity index (χ2n) is 6.91. The van der Waals surface area contributed by atoms with Gasteiger partial charge in [-0.2, -0.15) is 0 Å². The van der Waals surface area contributed by atoms with Crippen LogP contribution in [-0.4, -0.2) is 53.4 Å². The maximum absolute atomic E-state index is 12.5. The van der Waals surface area contributed by atoms with E-state index in [0.717, 1.165) is 32.5 Å². The molecule has 124 valence electrons. The molecule has 1 aromatic rings. The Kier molecular flexibility index (Phi) is 4.81. The molecule has 0 N–H and O–H groups in total. The number of amides is 1. The lowest BCUT2D eigenvalue weighted by Gasteiger charge is -2.43. The molecule has 1 saturated heterocycles. The zero-order chi connectivity index (χ0) is 16.3. The molecule has 1 fully saturated rings. The molecule has 1 aliphatic heterocycles. The standard InChI is InChI=1S/C19H27N3O/c1-3-21(2)16-7-9-19(10-8-16)11-14-22(15-12-19)18(23)17-6-4-5-13-20-17/h4-7,9,13,16H,3,8,10-12,14-15H2,1-2H3/t16-/m0/s1. The number of hydrogen-bond acceptors (Lipinski definition) is 3. The van der Waals surface area contributed by atoms with Crippen molar-refractivity contribution in [3.63, 3.8) is 0 Å². The third kappa shape index (κ3) is 3.47. The van der Waals surface area contributed by atoms with E-state index in [9.17, 15) is 4.79 Å². The molecule has 1 atom stereocenters. The van der Waals surface area contributed by atoms with Crippen LogP contribution in [0, 0.1) is 5.41 Å². The number of rotatable bonds is 3. The molecule has 2 aliphatic rings. The molecule has 0 aromatic carbocycles. The van der Waals surface area contributed by atoms with E-state index in [0.29, 0.717) is 17.2 Å². The van der Waals surface area contributed by atoms with Crippen molar-refractivity contribution in [3.8, 4) is 0 Å². The topological polar surface area (TPSA) is 36.4 Å². The number of hydrogen-bond donors (Lipinski definition) is 0. The van der Waals surface area contributed by atoms with Crippen molar-refractivity contribution in [3.05, 3.63) is 42.2 Å². The van der Waals surface area contributed by atoms with E-state index in [1.807, 2.05) is 17.0 Å². The molecule has 3 rings (SSSR count). The summed E-state index contributed by atoms with van der Waals surface area (Å²) in [6.45, 7) is 4.98. The number of nitrogens with zero attached hydrogens (tertiary/aromatic N) is 3. The number of piperidine rings is 1. The van der Waals surface area contributed by atoms with Crippen LogP contribution >= 0.6 is 0 Å². The molecule has 1 amide bonds. The minimum absolute atomic E-state index is 0.0730. The Balaban J connectivity index is 1.60. The molecule has 0 unspecified atom stereocenters. The van der Waals surface area contributed by atoms with Gasteiger partial charge in [0.2, 0.25) is 0 Å². The predicted molar refractivity (Wildman–Crippen MR) is 92.3 cm³/mol. The number of likely N-dealkylation sites (tertiary alicyclic amines) is 1. The second-order valence-corrected chi connectivity index (χ2v) is 6.91. The molecule has 1 spiro atoms. The smallest absolute Gasteiger partial charge is 0.272 e. The number of pyridine rings is 1. The summed E-state index contributed by atoms with van der Waals surface area (Å²) in [6.07, 6.45) is 11.1. The van der Waals surface area contributed by atoms with Crippen LogP contribution in [0.3, 0.4) is 0 Å². The number of carbonyl (C=O) groups is 1. The van der Waals surface area contributed by atoms with E-state index in [1.54, 1.807) is 12.3 Å². The largest absolute Gasteiger partial charge is 0.337 e. The Morgan fingerprint density at radius 1 is 1.35 bits per heavy atom. The first-order valence-electron chi connectivity index (χ1n) is 8.73. The summed E-state index contributed by atoms with van der Waals surface area (Å²) in [7, 11) is 2.20. The SMILES string of the molecule is CCN(C)[C@H]1C=CC2(CC1)CCN(C(=O)c1ccccn1)CC2. The molecule has 4 heteroatoms. The lowest BCUT2D eigenvalue weighted by molar-refractivity contribution is 0.0604. The van der Waals surface area contributed by atoms with Gasteiger partial charge in [-0.3, -0.25) is 9.78 Å². The molecule has 23 heavy (non-hydrogen) atoms. The van der Waals surface area contributed by atoms with Gasteiger partial charge in [0.1, 0.15) is 5.69 Å². The van der Waals surface area contributed by atoms with E-state index in [4.69, 9.17) is 0 Å². The Morgan fingerprint density at radius 2 is 2.13 bits per heavy atom. The van der Waals surface area contributed by atoms with Gasteiger partial charge in [-0.1, -0.05) is 25.1 Å². The van der Waals surface area contributed by atoms with Crippen molar-refractivity contribution >= 4 is 5.91 Å². The van der Waals surface area contributed by atoms with Crippen LogP contribution in [0.2, 0.25) is 0 Å². The van der Waals surface area contributed by atoms with Crippen LogP contribution in [0.1, 0.15) is 43.1 Å². The first-order chi connectivity index (χ1) is 11.1. The zero-order valence-electron chi connectivity index (χ0n) is 14.2. The normalized spacial score (nSPS) is 23.4. The van der Waals surface area contributed by atoms with Crippen molar-refractivity contribution in [1.82, 2.24) is 14.8 Å². The quantitative estimate of drug-likeness (QED) is 0.805. The first kappa shape index (κ1) is 16.2. The third-order valence-electron chi connectivity index (χ3n) is 5.61. The van der Waals surface area contributed by atoms with E-state index >= 15 is 0 Å². The predicted octanol–water partition coefficient (Wildman–Crippen LogP) is 2.97. The average Bonchev–Trinajstić information content (AvgIpc) is 2.62. The van der Waals surface area contributed by atoms with Gasteiger partial charge in [0.15, 0.2) is 0 Å². The van der Waals surface area contributed by atoms with Gasteiger partial charge >= 0.3 is 0 Å². The Bertz CT molecular complexity index is 561. The molecular weight excluding hydrogens is 286 g/mol. The van der Waals surface area contributed by atoms with Crippen LogP contribution in [0.5, 0.6) is 0 Å². The first-order valence-corrected chi connectivity index (χ1v) is 8.73. The third-order valence-corrected chi connectivity index (χ3v) is 5.61. The summed E-state index contributed by atoms with van der Waals surface area (Å²) in [5, 5.41) is 0. The van der Waals surface area contributed by atoms with Gasteiger partial charge in [0, 0.05) is 25.3 Å². The van der Waals surface area contributed by atoms with Crippen LogP contribution in [0.15, 0.2) is 36.5 Å². The molecule has 0 radical (unpaired) electrons. The maximum atomic E-state index is 12.5. The van der Waals surface area contributed by atoms with Gasteiger partial charge in [0.05, 0.1) is 0 Å². The van der Waals surface area contributed by atoms with Crippen molar-refractivity contribution < 1.29 is 4.79 Å². The number of likely N-dealkylation sites (N-methyl/N-ethyl adjacent to an activating group) is 1. The highest BCUT2D eigenvalue weighted by molar-refractivity contribution is 5.92. The minimum atomic E-state index is 0.0730. The van der Waals surface area contributed by atoms with E-state index in [1.165, 1.54) is 12.8 Å². The van der Waals surface area contributed by atoms with Crippen molar-refractivity contribution in [2.75, 3.05) is 26.7 Å². The minimum Gasteiger partial charge on any atom is -0.337 e. The molecule has 1 aliphatic carbocycles. The molecule has 0 bridgehead atoms. The Hall–Kier alpha value is -1.68. The fraction of sp³-hybridized carbons (Fsp3) is 0.579. The van der Waals surface area contributed by atoms with E-state index in [2.05, 4.69) is 36.0 Å². The number of carbonyl (C=O) groups excluding carboxylic acids is 1. The summed E-state index contributed by atoms with van der Waals surface area (Å²) < 4.78 is 0. The van der Waals surface area contributed by atoms with E-state index < -0.39 is 0 Å². The summed E-state index contributed by atoms with van der Waals surface area (Å²) in [5.41, 5.74) is 0.874. The average molecular weight is 313 g/mol. The Labute approximate surface area is 139 Å². The fourth-order valence-electron chi connectivity index (χ4n) is 3.75. The number of allylic oxidation sites excluding steroid dienone is 1. The van der Waals surface area contributed by atoms with Crippen molar-refractivity contribution in [2.45, 2.75) is 38.6 Å². The Morgan fingerprint density at radius 3 is 2.70 bits per heavy atom. The summed E-state index contributed by atoms with van der Waals surface area (Å²) in [6, 6.07) is 6.11. The van der Waals surface area contributed by atoms with Gasteiger partial charge < -0.3 is 9.80 Å². The fourth-order valence-corrected chi connectivity index (χ4v) is 3.75. The van der Waals surface area contributed by atoms with E-state index in [-0.39, 0.29) is 5.91 Å². The monoisotopic (exact) mass is 313 g/mol. The molecule has 1 aromatic heterocycles. The van der Waals surface area contributed by atoms with Crippen molar-refractivity contribution in [1.29, 1.82) is 0 Å². The van der Waals surface area contributed by atoms with Crippen LogP contribution in [-0.2, 0) is 0 Å². The summed E-state index contributed by atoms with van der Waals surface area (Å²) >= 11 is 0. The van der Waals surface area contributed by atoms with Crippen LogP contribution in [0.4, 0.5) is 0 Å². The molecule has 4 nitrogen and oxygen atoms in total. The maximum Gasteiger partial charge on any atom is 0.272 e. The highest BCUT2D eigenvalue weighted by atomic mass is 16.2. The van der Waals surface area contributed by atoms with Crippen LogP contribution in [0.25, 0.3) is 0 Å². The van der Waals surface area contributed by atoms with Gasteiger partial charge in [-0.25, -0.2) is 0 Å². The molecule has 2 heterocycles. The molecule has 0 saturated carbocycles. The highest BCUT2D eigenvalue weighted by Crippen LogP contribution is 2.41. The summed E-state index contributed by atoms with van der Waals surface area (Å²) in [4.78, 5) is 21.0. The van der Waals surface area contributed by atoms with Gasteiger partial charge in [-0.15, -0.1) is 0 Å². The van der Waals surface area contributed by atoms with Crippen LogP contribution < -0.4 is 0 Å². The number of aromatic nitrogens is 1. The highest BCUT2D eigenvalue weighted by Gasteiger charge is 2.36. The molecular formula is C19H27N3O. The lowest BCUT2D eigenvalue weighted by Crippen LogP contribution is -2.44. The second kappa shape index (κ2) is 6.83. The lowest BCUT2D eigenvalue weighted by atomic mass is 9.71. The van der Waals surface area contributed by atoms with Gasteiger partial charge in [-0.05, 0) is 56.8 Å². The van der Waals surface area contributed by atoms with Crippen molar-refractivity contribution in [2.24, 2.45) is 5.41 Å². The van der Waals surface area contributed by atoms with Gasteiger partial charge in [0.25, 0.3) is 5.91 Å². The summed E-state index contributed by atoms with van der Waals surface area (Å²) in [5.74, 6) is 0.0730. The zero-order valence-corrected chi connectivity index (χ0v) is 14.2.